The van der Waals surface area contributed by atoms with Crippen LogP contribution < -0.4 is 5.32 Å². The molecule has 0 unspecified atom stereocenters. The Balaban J connectivity index is 1.60. The van der Waals surface area contributed by atoms with Gasteiger partial charge >= 0.3 is 0 Å². The number of hydrogen-bond acceptors (Lipinski definition) is 4. The quantitative estimate of drug-likeness (QED) is 0.769. The van der Waals surface area contributed by atoms with E-state index in [1.165, 1.54) is 5.56 Å². The number of carbonyl (C=O) groups excluding carboxylic acids is 1. The first kappa shape index (κ1) is 17.4. The number of nitrogens with zero attached hydrogens (tertiary/aromatic N) is 1. The topological polar surface area (TPSA) is 50.8 Å². The van der Waals surface area contributed by atoms with E-state index in [1.54, 1.807) is 7.11 Å². The highest BCUT2D eigenvalue weighted by molar-refractivity contribution is 5.84. The van der Waals surface area contributed by atoms with E-state index in [1.807, 2.05) is 6.07 Å². The Morgan fingerprint density at radius 2 is 2.25 bits per heavy atom. The number of ether oxygens (including phenoxy) is 2. The van der Waals surface area contributed by atoms with Crippen LogP contribution in [0.15, 0.2) is 30.3 Å². The lowest BCUT2D eigenvalue weighted by Gasteiger charge is -2.42. The highest BCUT2D eigenvalue weighted by Crippen LogP contribution is 2.41. The van der Waals surface area contributed by atoms with Crippen LogP contribution in [0, 0.1) is 5.41 Å². The van der Waals surface area contributed by atoms with Gasteiger partial charge in [-0.15, -0.1) is 0 Å². The summed E-state index contributed by atoms with van der Waals surface area (Å²) in [7, 11) is 1.65. The second kappa shape index (κ2) is 8.10. The summed E-state index contributed by atoms with van der Waals surface area (Å²) in [5.41, 5.74) is 0.962. The molecule has 5 nitrogen and oxygen atoms in total. The molecule has 2 heterocycles. The van der Waals surface area contributed by atoms with Crippen LogP contribution in [0.1, 0.15) is 18.4 Å². The van der Waals surface area contributed by atoms with Gasteiger partial charge in [0.1, 0.15) is 0 Å². The van der Waals surface area contributed by atoms with Crippen molar-refractivity contribution in [3.8, 4) is 0 Å². The Hall–Kier alpha value is -1.43. The van der Waals surface area contributed by atoms with Crippen LogP contribution in [0.3, 0.4) is 0 Å². The first-order valence-corrected chi connectivity index (χ1v) is 8.90. The van der Waals surface area contributed by atoms with E-state index >= 15 is 0 Å². The third kappa shape index (κ3) is 3.79. The Morgan fingerprint density at radius 1 is 1.42 bits per heavy atom. The van der Waals surface area contributed by atoms with Gasteiger partial charge in [0, 0.05) is 39.9 Å². The monoisotopic (exact) mass is 332 g/mol. The van der Waals surface area contributed by atoms with Crippen LogP contribution in [0.25, 0.3) is 0 Å². The average Bonchev–Trinajstić information content (AvgIpc) is 3.05. The fourth-order valence-corrected chi connectivity index (χ4v) is 3.92. The van der Waals surface area contributed by atoms with E-state index in [4.69, 9.17) is 9.47 Å². The van der Waals surface area contributed by atoms with Crippen LogP contribution in [-0.2, 0) is 20.7 Å². The van der Waals surface area contributed by atoms with E-state index in [0.29, 0.717) is 19.8 Å². The number of rotatable bonds is 7. The van der Waals surface area contributed by atoms with E-state index in [0.717, 1.165) is 38.9 Å². The van der Waals surface area contributed by atoms with Gasteiger partial charge in [0.15, 0.2) is 0 Å². The van der Waals surface area contributed by atoms with E-state index in [9.17, 15) is 4.79 Å². The van der Waals surface area contributed by atoms with Crippen molar-refractivity contribution >= 4 is 5.91 Å². The van der Waals surface area contributed by atoms with Crippen molar-refractivity contribution in [2.45, 2.75) is 25.4 Å². The maximum Gasteiger partial charge on any atom is 0.230 e. The third-order valence-corrected chi connectivity index (χ3v) is 5.30. The molecule has 0 saturated carbocycles. The minimum absolute atomic E-state index is 0.0630. The summed E-state index contributed by atoms with van der Waals surface area (Å²) >= 11 is 0. The molecule has 3 rings (SSSR count). The molecular weight excluding hydrogens is 304 g/mol. The molecule has 1 amide bonds. The molecule has 1 N–H and O–H groups in total. The summed E-state index contributed by atoms with van der Waals surface area (Å²) < 4.78 is 10.9. The number of benzene rings is 1. The lowest BCUT2D eigenvalue weighted by atomic mass is 9.75. The summed E-state index contributed by atoms with van der Waals surface area (Å²) in [6, 6.07) is 10.5. The smallest absolute Gasteiger partial charge is 0.230 e. The van der Waals surface area contributed by atoms with Gasteiger partial charge in [0.05, 0.1) is 18.1 Å². The van der Waals surface area contributed by atoms with Crippen LogP contribution in [0.4, 0.5) is 0 Å². The minimum Gasteiger partial charge on any atom is -0.383 e. The van der Waals surface area contributed by atoms with Crippen molar-refractivity contribution in [3.63, 3.8) is 0 Å². The molecular formula is C19H28N2O3. The molecule has 2 atom stereocenters. The van der Waals surface area contributed by atoms with E-state index in [2.05, 4.69) is 34.5 Å². The normalized spacial score (nSPS) is 27.0. The molecule has 24 heavy (non-hydrogen) atoms. The van der Waals surface area contributed by atoms with Gasteiger partial charge in [-0.2, -0.15) is 0 Å². The molecule has 0 aromatic heterocycles. The first-order chi connectivity index (χ1) is 11.7. The number of hydrogen-bond donors (Lipinski definition) is 1. The Bertz CT molecular complexity index is 537. The van der Waals surface area contributed by atoms with Crippen molar-refractivity contribution in [2.75, 3.05) is 46.5 Å². The molecule has 132 valence electrons. The lowest BCUT2D eigenvalue weighted by Crippen LogP contribution is -2.57. The number of carbonyl (C=O) groups is 1. The van der Waals surface area contributed by atoms with Gasteiger partial charge in [0.25, 0.3) is 0 Å². The molecule has 1 aromatic carbocycles. The lowest BCUT2D eigenvalue weighted by molar-refractivity contribution is -0.139. The van der Waals surface area contributed by atoms with Gasteiger partial charge < -0.3 is 19.7 Å². The zero-order valence-corrected chi connectivity index (χ0v) is 14.5. The van der Waals surface area contributed by atoms with Gasteiger partial charge in [-0.1, -0.05) is 30.3 Å². The zero-order valence-electron chi connectivity index (χ0n) is 14.5. The van der Waals surface area contributed by atoms with Crippen molar-refractivity contribution in [3.05, 3.63) is 35.9 Å². The van der Waals surface area contributed by atoms with Crippen LogP contribution in [-0.4, -0.2) is 63.4 Å². The molecule has 2 aliphatic rings. The number of methoxy groups -OCH3 is 1. The molecule has 0 aliphatic carbocycles. The van der Waals surface area contributed by atoms with Crippen LogP contribution in [0.5, 0.6) is 0 Å². The predicted molar refractivity (Wildman–Crippen MR) is 92.9 cm³/mol. The number of likely N-dealkylation sites (tertiary alicyclic amines) is 1. The molecule has 2 aliphatic heterocycles. The predicted octanol–water partition coefficient (Wildman–Crippen LogP) is 1.47. The molecule has 1 aromatic rings. The maximum absolute atomic E-state index is 12.8. The third-order valence-electron chi connectivity index (χ3n) is 5.30. The van der Waals surface area contributed by atoms with Gasteiger partial charge in [0.2, 0.25) is 5.91 Å². The minimum atomic E-state index is -0.386. The number of piperidine rings is 1. The largest absolute Gasteiger partial charge is 0.383 e. The SMILES string of the molecule is COCCNC(=O)[C@]12CCO[C@H]1CCN(CCc1ccccc1)C2. The van der Waals surface area contributed by atoms with Gasteiger partial charge in [-0.25, -0.2) is 0 Å². The zero-order chi connectivity index (χ0) is 16.8. The highest BCUT2D eigenvalue weighted by atomic mass is 16.5. The summed E-state index contributed by atoms with van der Waals surface area (Å²) in [4.78, 5) is 15.2. The fourth-order valence-electron chi connectivity index (χ4n) is 3.92. The number of nitrogens with one attached hydrogen (secondary N) is 1. The molecule has 0 spiro atoms. The van der Waals surface area contributed by atoms with Crippen LogP contribution in [0.2, 0.25) is 0 Å². The molecule has 5 heteroatoms. The maximum atomic E-state index is 12.8. The summed E-state index contributed by atoms with van der Waals surface area (Å²) in [5.74, 6) is 0.131. The Labute approximate surface area is 144 Å². The number of amides is 1. The van der Waals surface area contributed by atoms with E-state index < -0.39 is 0 Å². The molecule has 2 saturated heterocycles. The Morgan fingerprint density at radius 3 is 3.04 bits per heavy atom. The standard InChI is InChI=1S/C19H28N2O3/c1-23-14-10-20-18(22)19-9-13-24-17(19)8-12-21(15-19)11-7-16-5-3-2-4-6-16/h2-6,17H,7-15H2,1H3,(H,20,22)/t17-,19-/m0/s1. The Kier molecular flexibility index (Phi) is 5.87. The summed E-state index contributed by atoms with van der Waals surface area (Å²) in [6.07, 6.45) is 2.84. The van der Waals surface area contributed by atoms with Crippen LogP contribution >= 0.6 is 0 Å². The fraction of sp³-hybridized carbons (Fsp3) is 0.632. The second-order valence-electron chi connectivity index (χ2n) is 6.81. The van der Waals surface area contributed by atoms with Gasteiger partial charge in [-0.05, 0) is 24.8 Å². The molecule has 0 bridgehead atoms. The van der Waals surface area contributed by atoms with Crippen molar-refractivity contribution in [1.29, 1.82) is 0 Å². The van der Waals surface area contributed by atoms with Crippen molar-refractivity contribution in [2.24, 2.45) is 5.41 Å². The van der Waals surface area contributed by atoms with Crippen molar-refractivity contribution < 1.29 is 14.3 Å². The van der Waals surface area contributed by atoms with E-state index in [-0.39, 0.29) is 17.4 Å². The summed E-state index contributed by atoms with van der Waals surface area (Å²) in [5, 5.41) is 3.04. The highest BCUT2D eigenvalue weighted by Gasteiger charge is 2.52. The summed E-state index contributed by atoms with van der Waals surface area (Å²) in [6.45, 7) is 4.59. The number of fused-ring (bicyclic) bond motifs is 1. The first-order valence-electron chi connectivity index (χ1n) is 8.90. The molecule has 2 fully saturated rings. The second-order valence-corrected chi connectivity index (χ2v) is 6.81. The van der Waals surface area contributed by atoms with Gasteiger partial charge in [-0.3, -0.25) is 4.79 Å². The average molecular weight is 332 g/mol. The molecule has 0 radical (unpaired) electrons. The van der Waals surface area contributed by atoms with Crippen molar-refractivity contribution in [1.82, 2.24) is 10.2 Å².